The number of aryl methyl sites for hydroxylation is 1. The summed E-state index contributed by atoms with van der Waals surface area (Å²) in [5.41, 5.74) is 3.35. The number of nitrogens with zero attached hydrogens (tertiary/aromatic N) is 6. The average Bonchev–Trinajstić information content (AvgIpc) is 3.33. The van der Waals surface area contributed by atoms with Gasteiger partial charge in [0.05, 0.1) is 48.0 Å². The Bertz CT molecular complexity index is 1520. The number of halogens is 3. The molecule has 6 rings (SSSR count). The fourth-order valence-corrected chi connectivity index (χ4v) is 4.63. The van der Waals surface area contributed by atoms with Gasteiger partial charge >= 0.3 is 6.18 Å². The number of hydrogen-bond acceptors (Lipinski definition) is 7. The lowest BCUT2D eigenvalue weighted by molar-refractivity contribution is -0.137. The first-order chi connectivity index (χ1) is 18.2. The van der Waals surface area contributed by atoms with E-state index in [0.29, 0.717) is 17.1 Å². The van der Waals surface area contributed by atoms with Gasteiger partial charge in [0.2, 0.25) is 0 Å². The number of rotatable bonds is 5. The number of anilines is 2. The number of hydrogen-bond donors (Lipinski definition) is 1. The molecule has 2 aliphatic rings. The second kappa shape index (κ2) is 8.91. The van der Waals surface area contributed by atoms with Gasteiger partial charge in [0.25, 0.3) is 5.91 Å². The number of pyridine rings is 2. The first-order valence-corrected chi connectivity index (χ1v) is 11.9. The summed E-state index contributed by atoms with van der Waals surface area (Å²) in [7, 11) is 0. The lowest BCUT2D eigenvalue weighted by atomic mass is 9.78. The summed E-state index contributed by atoms with van der Waals surface area (Å²) >= 11 is 0. The van der Waals surface area contributed by atoms with Crippen LogP contribution in [-0.2, 0) is 10.9 Å². The van der Waals surface area contributed by atoms with Crippen molar-refractivity contribution in [1.29, 1.82) is 0 Å². The zero-order valence-electron chi connectivity index (χ0n) is 20.2. The lowest BCUT2D eigenvalue weighted by Gasteiger charge is -2.55. The van der Waals surface area contributed by atoms with Gasteiger partial charge in [-0.15, -0.1) is 5.10 Å². The maximum atomic E-state index is 13.0. The van der Waals surface area contributed by atoms with E-state index in [0.717, 1.165) is 61.4 Å². The maximum Gasteiger partial charge on any atom is 0.416 e. The molecule has 12 heteroatoms. The minimum absolute atomic E-state index is 0.286. The molecule has 1 spiro atoms. The molecule has 0 atom stereocenters. The molecular formula is C26H22F3N7O2. The molecule has 38 heavy (non-hydrogen) atoms. The normalized spacial score (nSPS) is 16.2. The van der Waals surface area contributed by atoms with Crippen molar-refractivity contribution < 1.29 is 22.7 Å². The van der Waals surface area contributed by atoms with E-state index in [4.69, 9.17) is 4.74 Å². The number of carbonyl (C=O) groups excluding carboxylic acids is 1. The van der Waals surface area contributed by atoms with Gasteiger partial charge in [-0.1, -0.05) is 11.3 Å². The Morgan fingerprint density at radius 1 is 1.11 bits per heavy atom. The van der Waals surface area contributed by atoms with Crippen molar-refractivity contribution in [2.24, 2.45) is 5.41 Å². The molecule has 194 valence electrons. The molecule has 1 aromatic carbocycles. The highest BCUT2D eigenvalue weighted by Crippen LogP contribution is 2.40. The van der Waals surface area contributed by atoms with Crippen LogP contribution in [-0.4, -0.2) is 57.2 Å². The van der Waals surface area contributed by atoms with Crippen molar-refractivity contribution in [2.75, 3.05) is 36.5 Å². The number of amides is 1. The Morgan fingerprint density at radius 3 is 2.66 bits per heavy atom. The molecule has 4 aromatic rings. The van der Waals surface area contributed by atoms with Crippen LogP contribution in [0, 0.1) is 12.3 Å². The summed E-state index contributed by atoms with van der Waals surface area (Å²) < 4.78 is 46.0. The summed E-state index contributed by atoms with van der Waals surface area (Å²) in [6.07, 6.45) is 1.71. The van der Waals surface area contributed by atoms with E-state index in [1.165, 1.54) is 0 Å². The number of alkyl halides is 3. The van der Waals surface area contributed by atoms with Gasteiger partial charge in [0.1, 0.15) is 11.4 Å². The predicted octanol–water partition coefficient (Wildman–Crippen LogP) is 4.14. The molecule has 9 nitrogen and oxygen atoms in total. The summed E-state index contributed by atoms with van der Waals surface area (Å²) in [5, 5.41) is 11.2. The van der Waals surface area contributed by atoms with E-state index in [1.54, 1.807) is 35.3 Å². The molecule has 0 unspecified atom stereocenters. The molecule has 0 radical (unpaired) electrons. The first kappa shape index (κ1) is 24.0. The van der Waals surface area contributed by atoms with Crippen LogP contribution >= 0.6 is 0 Å². The standard InChI is InChI=1S/C26H22F3N7O2/c1-16-2-3-19(32-24(37)21-7-18(4-5-31-21)26(27,28)29)8-23(16)36-11-22(33-34-36)17-6-20(10-30-9-17)35-12-25(13-35)14-38-15-25/h2-11H,12-15H2,1H3,(H,32,37). The van der Waals surface area contributed by atoms with Gasteiger partial charge in [0, 0.05) is 36.7 Å². The molecule has 1 N–H and O–H groups in total. The van der Waals surface area contributed by atoms with Crippen molar-refractivity contribution in [1.82, 2.24) is 25.0 Å². The van der Waals surface area contributed by atoms with Gasteiger partial charge < -0.3 is 15.0 Å². The minimum atomic E-state index is -4.57. The van der Waals surface area contributed by atoms with Crippen LogP contribution < -0.4 is 10.2 Å². The smallest absolute Gasteiger partial charge is 0.380 e. The van der Waals surface area contributed by atoms with Crippen molar-refractivity contribution in [2.45, 2.75) is 13.1 Å². The first-order valence-electron chi connectivity index (χ1n) is 11.9. The second-order valence-electron chi connectivity index (χ2n) is 9.71. The molecule has 5 heterocycles. The van der Waals surface area contributed by atoms with Crippen molar-refractivity contribution >= 4 is 17.3 Å². The summed E-state index contributed by atoms with van der Waals surface area (Å²) in [6.45, 7) is 5.38. The van der Waals surface area contributed by atoms with Gasteiger partial charge in [-0.25, -0.2) is 4.68 Å². The molecule has 2 saturated heterocycles. The highest BCUT2D eigenvalue weighted by molar-refractivity contribution is 6.03. The zero-order valence-corrected chi connectivity index (χ0v) is 20.2. The van der Waals surface area contributed by atoms with Gasteiger partial charge in [0.15, 0.2) is 0 Å². The highest BCUT2D eigenvalue weighted by Gasteiger charge is 2.49. The van der Waals surface area contributed by atoms with Crippen LogP contribution in [0.5, 0.6) is 0 Å². The van der Waals surface area contributed by atoms with E-state index in [9.17, 15) is 18.0 Å². The molecule has 2 fully saturated rings. The number of benzene rings is 1. The third-order valence-corrected chi connectivity index (χ3v) is 6.78. The largest absolute Gasteiger partial charge is 0.416 e. The fraction of sp³-hybridized carbons (Fsp3) is 0.269. The third kappa shape index (κ3) is 4.47. The van der Waals surface area contributed by atoms with Crippen LogP contribution in [0.15, 0.2) is 61.2 Å². The second-order valence-corrected chi connectivity index (χ2v) is 9.71. The summed E-state index contributed by atoms with van der Waals surface area (Å²) in [5.74, 6) is -0.755. The van der Waals surface area contributed by atoms with Crippen LogP contribution in [0.1, 0.15) is 21.6 Å². The van der Waals surface area contributed by atoms with Crippen LogP contribution in [0.2, 0.25) is 0 Å². The Balaban J connectivity index is 1.20. The Labute approximate surface area is 215 Å². The minimum Gasteiger partial charge on any atom is -0.380 e. The summed E-state index contributed by atoms with van der Waals surface area (Å²) in [6, 6.07) is 8.67. The van der Waals surface area contributed by atoms with Gasteiger partial charge in [-0.05, 0) is 42.8 Å². The predicted molar refractivity (Wildman–Crippen MR) is 132 cm³/mol. The highest BCUT2D eigenvalue weighted by atomic mass is 19.4. The quantitative estimate of drug-likeness (QED) is 0.422. The van der Waals surface area contributed by atoms with E-state index in [-0.39, 0.29) is 11.1 Å². The van der Waals surface area contributed by atoms with Crippen molar-refractivity contribution in [3.05, 3.63) is 78.0 Å². The Morgan fingerprint density at radius 2 is 1.92 bits per heavy atom. The number of nitrogens with one attached hydrogen (secondary N) is 1. The third-order valence-electron chi connectivity index (χ3n) is 6.78. The fourth-order valence-electron chi connectivity index (χ4n) is 4.63. The van der Waals surface area contributed by atoms with E-state index < -0.39 is 17.6 Å². The van der Waals surface area contributed by atoms with Crippen LogP contribution in [0.3, 0.4) is 0 Å². The average molecular weight is 522 g/mol. The SMILES string of the molecule is Cc1ccc(NC(=O)c2cc(C(F)(F)F)ccn2)cc1-n1cc(-c2cncc(N3CC4(COC4)C3)c2)nn1. The molecule has 1 amide bonds. The lowest BCUT2D eigenvalue weighted by Crippen LogP contribution is -2.66. The van der Waals surface area contributed by atoms with E-state index in [1.807, 2.05) is 19.2 Å². The molecular weight excluding hydrogens is 499 g/mol. The van der Waals surface area contributed by atoms with Crippen LogP contribution in [0.25, 0.3) is 16.9 Å². The van der Waals surface area contributed by atoms with E-state index in [2.05, 4.69) is 30.5 Å². The summed E-state index contributed by atoms with van der Waals surface area (Å²) in [4.78, 5) is 23.0. The topological polar surface area (TPSA) is 98.1 Å². The number of aromatic nitrogens is 5. The van der Waals surface area contributed by atoms with Crippen LogP contribution in [0.4, 0.5) is 24.5 Å². The Hall–Kier alpha value is -4.32. The van der Waals surface area contributed by atoms with Crippen molar-refractivity contribution in [3.63, 3.8) is 0 Å². The Kier molecular flexibility index (Phi) is 5.64. The molecule has 0 saturated carbocycles. The molecule has 0 aliphatic carbocycles. The number of carbonyl (C=O) groups is 1. The molecule has 3 aromatic heterocycles. The van der Waals surface area contributed by atoms with Crippen molar-refractivity contribution in [3.8, 4) is 16.9 Å². The molecule has 0 bridgehead atoms. The molecule has 2 aliphatic heterocycles. The van der Waals surface area contributed by atoms with Gasteiger partial charge in [-0.3, -0.25) is 14.8 Å². The monoisotopic (exact) mass is 521 g/mol. The zero-order chi connectivity index (χ0) is 26.5. The maximum absolute atomic E-state index is 13.0. The van der Waals surface area contributed by atoms with Gasteiger partial charge in [-0.2, -0.15) is 13.2 Å². The van der Waals surface area contributed by atoms with E-state index >= 15 is 0 Å². The number of ether oxygens (including phenoxy) is 1.